The lowest BCUT2D eigenvalue weighted by Crippen LogP contribution is -2.06. The topological polar surface area (TPSA) is 12.0 Å². The highest BCUT2D eigenvalue weighted by atomic mass is 32.2. The van der Waals surface area contributed by atoms with Crippen molar-refractivity contribution in [1.29, 1.82) is 0 Å². The van der Waals surface area contributed by atoms with E-state index in [1.165, 1.54) is 26.6 Å². The SMILES string of the molecule is CN/C(=C1\Cc2ccccc2S1)c1ccccc1. The summed E-state index contributed by atoms with van der Waals surface area (Å²) in [6.07, 6.45) is 1.03. The Labute approximate surface area is 112 Å². The van der Waals surface area contributed by atoms with E-state index in [1.807, 2.05) is 18.8 Å². The maximum absolute atomic E-state index is 3.35. The Bertz CT molecular complexity index is 560. The molecule has 2 aromatic carbocycles. The number of thioether (sulfide) groups is 1. The normalized spacial score (nSPS) is 16.3. The van der Waals surface area contributed by atoms with E-state index in [2.05, 4.69) is 59.9 Å². The number of rotatable bonds is 2. The van der Waals surface area contributed by atoms with Crippen LogP contribution in [0.1, 0.15) is 11.1 Å². The van der Waals surface area contributed by atoms with E-state index >= 15 is 0 Å². The minimum atomic E-state index is 1.03. The Kier molecular flexibility index (Phi) is 3.11. The Hall–Kier alpha value is -1.67. The standard InChI is InChI=1S/C16H15NS/c1-17-16(12-7-3-2-4-8-12)15-11-13-9-5-6-10-14(13)18-15/h2-10,17H,11H2,1H3/b16-15+. The van der Waals surface area contributed by atoms with Crippen molar-refractivity contribution in [2.24, 2.45) is 0 Å². The van der Waals surface area contributed by atoms with Gasteiger partial charge < -0.3 is 5.32 Å². The molecule has 0 aromatic heterocycles. The molecule has 0 saturated heterocycles. The highest BCUT2D eigenvalue weighted by Crippen LogP contribution is 2.42. The summed E-state index contributed by atoms with van der Waals surface area (Å²) < 4.78 is 0. The first-order chi connectivity index (χ1) is 8.88. The second kappa shape index (κ2) is 4.91. The molecule has 0 unspecified atom stereocenters. The quantitative estimate of drug-likeness (QED) is 0.870. The van der Waals surface area contributed by atoms with Crippen molar-refractivity contribution in [3.05, 3.63) is 70.6 Å². The van der Waals surface area contributed by atoms with E-state index < -0.39 is 0 Å². The molecule has 0 atom stereocenters. The zero-order chi connectivity index (χ0) is 12.4. The molecule has 0 amide bonds. The molecule has 2 aromatic rings. The average Bonchev–Trinajstić information content (AvgIpc) is 2.84. The molecule has 18 heavy (non-hydrogen) atoms. The molecule has 1 N–H and O–H groups in total. The lowest BCUT2D eigenvalue weighted by Gasteiger charge is -2.10. The van der Waals surface area contributed by atoms with Crippen molar-refractivity contribution in [1.82, 2.24) is 5.32 Å². The number of hydrogen-bond acceptors (Lipinski definition) is 2. The fourth-order valence-corrected chi connectivity index (χ4v) is 3.51. The number of benzene rings is 2. The van der Waals surface area contributed by atoms with E-state index in [1.54, 1.807) is 0 Å². The first-order valence-electron chi connectivity index (χ1n) is 6.10. The van der Waals surface area contributed by atoms with Crippen LogP contribution in [0.2, 0.25) is 0 Å². The Morgan fingerprint density at radius 2 is 1.72 bits per heavy atom. The molecule has 0 bridgehead atoms. The average molecular weight is 253 g/mol. The van der Waals surface area contributed by atoms with Crippen LogP contribution in [0.25, 0.3) is 5.70 Å². The van der Waals surface area contributed by atoms with Gasteiger partial charge in [-0.25, -0.2) is 0 Å². The Morgan fingerprint density at radius 1 is 1.00 bits per heavy atom. The van der Waals surface area contributed by atoms with Crippen molar-refractivity contribution in [3.63, 3.8) is 0 Å². The Morgan fingerprint density at radius 3 is 2.44 bits per heavy atom. The molecule has 0 radical (unpaired) electrons. The molecule has 1 nitrogen and oxygen atoms in total. The van der Waals surface area contributed by atoms with Crippen LogP contribution in [0, 0.1) is 0 Å². The molecule has 2 heteroatoms. The highest BCUT2D eigenvalue weighted by Gasteiger charge is 2.19. The van der Waals surface area contributed by atoms with Crippen LogP contribution in [0.3, 0.4) is 0 Å². The van der Waals surface area contributed by atoms with Gasteiger partial charge in [0.05, 0.1) is 5.70 Å². The molecule has 0 aliphatic carbocycles. The minimum absolute atomic E-state index is 1.03. The fraction of sp³-hybridized carbons (Fsp3) is 0.125. The molecule has 90 valence electrons. The monoisotopic (exact) mass is 253 g/mol. The van der Waals surface area contributed by atoms with Crippen LogP contribution in [-0.4, -0.2) is 7.05 Å². The first-order valence-corrected chi connectivity index (χ1v) is 6.92. The van der Waals surface area contributed by atoms with Crippen LogP contribution in [-0.2, 0) is 6.42 Å². The molecular formula is C16H15NS. The minimum Gasteiger partial charge on any atom is -0.387 e. The van der Waals surface area contributed by atoms with Gasteiger partial charge in [-0.1, -0.05) is 60.3 Å². The molecule has 0 saturated carbocycles. The second-order valence-electron chi connectivity index (χ2n) is 4.30. The maximum atomic E-state index is 3.35. The zero-order valence-electron chi connectivity index (χ0n) is 10.3. The van der Waals surface area contributed by atoms with Crippen molar-refractivity contribution in [2.75, 3.05) is 7.05 Å². The highest BCUT2D eigenvalue weighted by molar-refractivity contribution is 8.03. The molecule has 1 heterocycles. The van der Waals surface area contributed by atoms with Crippen LogP contribution in [0.4, 0.5) is 0 Å². The second-order valence-corrected chi connectivity index (χ2v) is 5.44. The van der Waals surface area contributed by atoms with Gasteiger partial charge in [0.2, 0.25) is 0 Å². The van der Waals surface area contributed by atoms with Gasteiger partial charge in [0.25, 0.3) is 0 Å². The van der Waals surface area contributed by atoms with Gasteiger partial charge >= 0.3 is 0 Å². The molecular weight excluding hydrogens is 238 g/mol. The largest absolute Gasteiger partial charge is 0.387 e. The van der Waals surface area contributed by atoms with E-state index in [9.17, 15) is 0 Å². The maximum Gasteiger partial charge on any atom is 0.0514 e. The third-order valence-corrected chi connectivity index (χ3v) is 4.36. The van der Waals surface area contributed by atoms with Crippen LogP contribution < -0.4 is 5.32 Å². The summed E-state index contributed by atoms with van der Waals surface area (Å²) in [6.45, 7) is 0. The third kappa shape index (κ3) is 2.04. The summed E-state index contributed by atoms with van der Waals surface area (Å²) in [5.74, 6) is 0. The number of nitrogens with one attached hydrogen (secondary N) is 1. The zero-order valence-corrected chi connectivity index (χ0v) is 11.1. The van der Waals surface area contributed by atoms with Crippen molar-refractivity contribution < 1.29 is 0 Å². The van der Waals surface area contributed by atoms with Crippen LogP contribution in [0.5, 0.6) is 0 Å². The molecule has 1 aliphatic rings. The number of allylic oxidation sites excluding steroid dienone is 1. The van der Waals surface area contributed by atoms with E-state index in [0.29, 0.717) is 0 Å². The summed E-state index contributed by atoms with van der Waals surface area (Å²) in [7, 11) is 2.00. The van der Waals surface area contributed by atoms with Gasteiger partial charge in [-0.05, 0) is 17.2 Å². The van der Waals surface area contributed by atoms with Crippen LogP contribution in [0.15, 0.2) is 64.4 Å². The van der Waals surface area contributed by atoms with E-state index in [0.717, 1.165) is 6.42 Å². The van der Waals surface area contributed by atoms with Gasteiger partial charge in [0.1, 0.15) is 0 Å². The summed E-state index contributed by atoms with van der Waals surface area (Å²) in [4.78, 5) is 2.79. The third-order valence-electron chi connectivity index (χ3n) is 3.15. The molecule has 0 fully saturated rings. The molecule has 3 rings (SSSR count). The summed E-state index contributed by atoms with van der Waals surface area (Å²) >= 11 is 1.88. The first kappa shape index (κ1) is 11.4. The van der Waals surface area contributed by atoms with Crippen molar-refractivity contribution >= 4 is 17.5 Å². The summed E-state index contributed by atoms with van der Waals surface area (Å²) in [5, 5.41) is 3.35. The van der Waals surface area contributed by atoms with Gasteiger partial charge in [0.15, 0.2) is 0 Å². The van der Waals surface area contributed by atoms with Crippen molar-refractivity contribution in [2.45, 2.75) is 11.3 Å². The van der Waals surface area contributed by atoms with Gasteiger partial charge in [0, 0.05) is 23.3 Å². The van der Waals surface area contributed by atoms with Gasteiger partial charge in [-0.3, -0.25) is 0 Å². The van der Waals surface area contributed by atoms with Crippen molar-refractivity contribution in [3.8, 4) is 0 Å². The lowest BCUT2D eigenvalue weighted by molar-refractivity contribution is 1.10. The predicted octanol–water partition coefficient (Wildman–Crippen LogP) is 3.92. The number of fused-ring (bicyclic) bond motifs is 1. The van der Waals surface area contributed by atoms with Crippen LogP contribution >= 0.6 is 11.8 Å². The summed E-state index contributed by atoms with van der Waals surface area (Å²) in [6, 6.07) is 19.2. The predicted molar refractivity (Wildman–Crippen MR) is 78.4 cm³/mol. The molecule has 0 spiro atoms. The molecule has 1 aliphatic heterocycles. The van der Waals surface area contributed by atoms with E-state index in [-0.39, 0.29) is 0 Å². The fourth-order valence-electron chi connectivity index (χ4n) is 2.28. The number of hydrogen-bond donors (Lipinski definition) is 1. The smallest absolute Gasteiger partial charge is 0.0514 e. The lowest BCUT2D eigenvalue weighted by atomic mass is 10.1. The Balaban J connectivity index is 2.01. The van der Waals surface area contributed by atoms with E-state index in [4.69, 9.17) is 0 Å². The van der Waals surface area contributed by atoms with Gasteiger partial charge in [-0.2, -0.15) is 0 Å². The van der Waals surface area contributed by atoms with Gasteiger partial charge in [-0.15, -0.1) is 0 Å². The summed E-state index contributed by atoms with van der Waals surface area (Å²) in [5.41, 5.74) is 3.94.